The van der Waals surface area contributed by atoms with E-state index in [2.05, 4.69) is 36.0 Å². The van der Waals surface area contributed by atoms with Crippen molar-refractivity contribution in [3.05, 3.63) is 23.2 Å². The molecule has 1 aromatic rings. The molecule has 1 aromatic carbocycles. The first-order valence-electron chi connectivity index (χ1n) is 7.16. The number of ether oxygens (including phenoxy) is 1. The number of rotatable bonds is 7. The van der Waals surface area contributed by atoms with Crippen molar-refractivity contribution in [2.75, 3.05) is 32.1 Å². The largest absolute Gasteiger partial charge is 0.495 e. The highest BCUT2D eigenvalue weighted by atomic mass is 35.5. The van der Waals surface area contributed by atoms with E-state index in [1.807, 2.05) is 6.07 Å². The van der Waals surface area contributed by atoms with E-state index in [1.54, 1.807) is 19.2 Å². The number of nitrogens with one attached hydrogen (secondary N) is 1. The maximum absolute atomic E-state index is 6.07. The number of halogens is 1. The van der Waals surface area contributed by atoms with Gasteiger partial charge in [-0.1, -0.05) is 25.4 Å². The van der Waals surface area contributed by atoms with Crippen molar-refractivity contribution in [1.82, 2.24) is 4.90 Å². The minimum atomic E-state index is 0.361. The highest BCUT2D eigenvalue weighted by molar-refractivity contribution is 6.32. The number of benzene rings is 1. The fraction of sp³-hybridized carbons (Fsp3) is 0.533. The summed E-state index contributed by atoms with van der Waals surface area (Å²) in [5.41, 5.74) is 6.69. The van der Waals surface area contributed by atoms with Crippen molar-refractivity contribution in [2.45, 2.75) is 26.8 Å². The zero-order valence-electron chi connectivity index (χ0n) is 13.2. The molecule has 5 nitrogen and oxygen atoms in total. The Morgan fingerprint density at radius 3 is 2.62 bits per heavy atom. The smallest absolute Gasteiger partial charge is 0.193 e. The van der Waals surface area contributed by atoms with Crippen LogP contribution in [0.1, 0.15) is 20.8 Å². The molecule has 0 fully saturated rings. The topological polar surface area (TPSA) is 62.9 Å². The van der Waals surface area contributed by atoms with Gasteiger partial charge in [0.1, 0.15) is 5.75 Å². The Bertz CT molecular complexity index is 475. The number of hydrogen-bond acceptors (Lipinski definition) is 3. The van der Waals surface area contributed by atoms with E-state index >= 15 is 0 Å². The number of nitrogens with zero attached hydrogens (tertiary/aromatic N) is 2. The summed E-state index contributed by atoms with van der Waals surface area (Å²) < 4.78 is 5.11. The lowest BCUT2D eigenvalue weighted by atomic mass is 10.3. The molecule has 0 aliphatic rings. The van der Waals surface area contributed by atoms with Crippen LogP contribution in [0.5, 0.6) is 5.75 Å². The maximum atomic E-state index is 6.07. The average Bonchev–Trinajstić information content (AvgIpc) is 2.46. The van der Waals surface area contributed by atoms with Crippen LogP contribution in [0, 0.1) is 0 Å². The lowest BCUT2D eigenvalue weighted by Crippen LogP contribution is -2.36. The van der Waals surface area contributed by atoms with Gasteiger partial charge in [-0.05, 0) is 38.2 Å². The molecule has 0 spiro atoms. The van der Waals surface area contributed by atoms with Gasteiger partial charge >= 0.3 is 0 Å². The first-order chi connectivity index (χ1) is 10.0. The van der Waals surface area contributed by atoms with Crippen molar-refractivity contribution in [3.63, 3.8) is 0 Å². The predicted molar refractivity (Wildman–Crippen MR) is 90.5 cm³/mol. The summed E-state index contributed by atoms with van der Waals surface area (Å²) in [7, 11) is 1.58. The molecule has 21 heavy (non-hydrogen) atoms. The summed E-state index contributed by atoms with van der Waals surface area (Å²) in [6.07, 6.45) is 0. The highest BCUT2D eigenvalue weighted by Crippen LogP contribution is 2.26. The van der Waals surface area contributed by atoms with Gasteiger partial charge < -0.3 is 15.8 Å². The summed E-state index contributed by atoms with van der Waals surface area (Å²) in [6, 6.07) is 5.76. The Morgan fingerprint density at radius 2 is 2.10 bits per heavy atom. The molecule has 0 saturated carbocycles. The van der Waals surface area contributed by atoms with Crippen LogP contribution < -0.4 is 15.8 Å². The van der Waals surface area contributed by atoms with Gasteiger partial charge in [0.2, 0.25) is 0 Å². The number of anilines is 1. The minimum absolute atomic E-state index is 0.361. The monoisotopic (exact) mass is 312 g/mol. The Morgan fingerprint density at radius 1 is 1.43 bits per heavy atom. The molecule has 6 heteroatoms. The van der Waals surface area contributed by atoms with Crippen LogP contribution in [0.2, 0.25) is 5.02 Å². The molecule has 0 aliphatic carbocycles. The Kier molecular flexibility index (Phi) is 7.32. The zero-order valence-corrected chi connectivity index (χ0v) is 13.9. The Balaban J connectivity index is 2.61. The fourth-order valence-electron chi connectivity index (χ4n) is 2.12. The summed E-state index contributed by atoms with van der Waals surface area (Å²) >= 11 is 6.07. The molecule has 0 heterocycles. The molecular weight excluding hydrogens is 288 g/mol. The van der Waals surface area contributed by atoms with Crippen molar-refractivity contribution in [3.8, 4) is 5.75 Å². The van der Waals surface area contributed by atoms with E-state index < -0.39 is 0 Å². The van der Waals surface area contributed by atoms with Gasteiger partial charge in [0, 0.05) is 11.7 Å². The third-order valence-corrected chi connectivity index (χ3v) is 3.68. The summed E-state index contributed by atoms with van der Waals surface area (Å²) in [6.45, 7) is 9.11. The minimum Gasteiger partial charge on any atom is -0.495 e. The number of hydrogen-bond donors (Lipinski definition) is 2. The van der Waals surface area contributed by atoms with Crippen molar-refractivity contribution in [2.24, 2.45) is 10.7 Å². The first kappa shape index (κ1) is 17.6. The van der Waals surface area contributed by atoms with Gasteiger partial charge in [0.15, 0.2) is 5.96 Å². The second kappa shape index (κ2) is 8.74. The summed E-state index contributed by atoms with van der Waals surface area (Å²) in [4.78, 5) is 6.71. The average molecular weight is 313 g/mol. The van der Waals surface area contributed by atoms with Crippen molar-refractivity contribution < 1.29 is 4.74 Å². The molecular formula is C15H25ClN4O. The van der Waals surface area contributed by atoms with Crippen LogP contribution in [-0.2, 0) is 0 Å². The van der Waals surface area contributed by atoms with E-state index in [1.165, 1.54) is 0 Å². The third-order valence-electron chi connectivity index (χ3n) is 3.39. The molecule has 118 valence electrons. The number of likely N-dealkylation sites (N-methyl/N-ethyl adjacent to an activating group) is 1. The molecule has 1 atom stereocenters. The lowest BCUT2D eigenvalue weighted by molar-refractivity contribution is 0.237. The van der Waals surface area contributed by atoms with Crippen LogP contribution in [-0.4, -0.2) is 43.6 Å². The molecule has 0 bridgehead atoms. The molecule has 0 aliphatic heterocycles. The van der Waals surface area contributed by atoms with Gasteiger partial charge in [0.25, 0.3) is 0 Å². The molecule has 0 radical (unpaired) electrons. The van der Waals surface area contributed by atoms with E-state index in [4.69, 9.17) is 22.1 Å². The maximum Gasteiger partial charge on any atom is 0.193 e. The summed E-state index contributed by atoms with van der Waals surface area (Å²) in [5, 5.41) is 3.57. The quantitative estimate of drug-likeness (QED) is 0.600. The molecule has 1 rings (SSSR count). The number of guanidine groups is 1. The van der Waals surface area contributed by atoms with Gasteiger partial charge in [-0.3, -0.25) is 9.89 Å². The van der Waals surface area contributed by atoms with Gasteiger partial charge in [-0.15, -0.1) is 0 Å². The van der Waals surface area contributed by atoms with Crippen molar-refractivity contribution >= 4 is 23.2 Å². The number of aliphatic imine (C=N–C) groups is 1. The SMILES string of the molecule is CCN(CC)C(C)CN=C(N)Nc1ccc(OC)c(Cl)c1. The van der Waals surface area contributed by atoms with Crippen LogP contribution in [0.25, 0.3) is 0 Å². The number of methoxy groups -OCH3 is 1. The lowest BCUT2D eigenvalue weighted by Gasteiger charge is -2.24. The summed E-state index contributed by atoms with van der Waals surface area (Å²) in [5.74, 6) is 1.02. The van der Waals surface area contributed by atoms with E-state index in [0.717, 1.165) is 18.8 Å². The van der Waals surface area contributed by atoms with Gasteiger partial charge in [-0.25, -0.2) is 0 Å². The molecule has 0 amide bonds. The molecule has 0 aromatic heterocycles. The Labute approximate surface area is 132 Å². The first-order valence-corrected chi connectivity index (χ1v) is 7.54. The van der Waals surface area contributed by atoms with E-state index in [9.17, 15) is 0 Å². The number of nitrogens with two attached hydrogens (primary N) is 1. The zero-order chi connectivity index (χ0) is 15.8. The molecule has 3 N–H and O–H groups in total. The third kappa shape index (κ3) is 5.44. The van der Waals surface area contributed by atoms with E-state index in [0.29, 0.717) is 29.3 Å². The fourth-order valence-corrected chi connectivity index (χ4v) is 2.38. The van der Waals surface area contributed by atoms with Crippen LogP contribution in [0.15, 0.2) is 23.2 Å². The molecule has 1 unspecified atom stereocenters. The molecule has 0 saturated heterocycles. The van der Waals surface area contributed by atoms with Crippen LogP contribution >= 0.6 is 11.6 Å². The highest BCUT2D eigenvalue weighted by Gasteiger charge is 2.09. The second-order valence-electron chi connectivity index (χ2n) is 4.77. The van der Waals surface area contributed by atoms with Crippen molar-refractivity contribution in [1.29, 1.82) is 0 Å². The van der Waals surface area contributed by atoms with Gasteiger partial charge in [-0.2, -0.15) is 0 Å². The van der Waals surface area contributed by atoms with E-state index in [-0.39, 0.29) is 0 Å². The van der Waals surface area contributed by atoms with Crippen LogP contribution in [0.3, 0.4) is 0 Å². The van der Waals surface area contributed by atoms with Gasteiger partial charge in [0.05, 0.1) is 18.7 Å². The second-order valence-corrected chi connectivity index (χ2v) is 5.18. The van der Waals surface area contributed by atoms with Crippen LogP contribution in [0.4, 0.5) is 5.69 Å². The predicted octanol–water partition coefficient (Wildman–Crippen LogP) is 2.81. The standard InChI is InChI=1S/C15H25ClN4O/c1-5-20(6-2)11(3)10-18-15(17)19-12-7-8-14(21-4)13(16)9-12/h7-9,11H,5-6,10H2,1-4H3,(H3,17,18,19). The normalized spacial score (nSPS) is 13.3. The Hall–Kier alpha value is -1.46.